The molecule has 1 aliphatic heterocycles. The number of alkyl halides is 1. The first-order valence-corrected chi connectivity index (χ1v) is 8.10. The summed E-state index contributed by atoms with van der Waals surface area (Å²) in [6.07, 6.45) is 2.56. The maximum Gasteiger partial charge on any atom is 0.252 e. The van der Waals surface area contributed by atoms with Crippen LogP contribution in [0.2, 0.25) is 0 Å². The molecule has 1 aliphatic rings. The number of halogens is 1. The van der Waals surface area contributed by atoms with Crippen molar-refractivity contribution in [1.82, 2.24) is 0 Å². The van der Waals surface area contributed by atoms with Gasteiger partial charge < -0.3 is 9.64 Å². The molecule has 0 aliphatic carbocycles. The molecule has 0 N–H and O–H groups in total. The molecule has 1 aromatic rings. The third-order valence-electron chi connectivity index (χ3n) is 3.69. The Morgan fingerprint density at radius 3 is 2.86 bits per heavy atom. The zero-order chi connectivity index (χ0) is 15.4. The molecule has 1 unspecified atom stereocenters. The van der Waals surface area contributed by atoms with Crippen molar-refractivity contribution in [2.45, 2.75) is 31.0 Å². The van der Waals surface area contributed by atoms with E-state index in [-0.39, 0.29) is 23.1 Å². The first-order valence-electron chi connectivity index (χ1n) is 7.19. The fourth-order valence-electron chi connectivity index (χ4n) is 2.58. The molecule has 0 bridgehead atoms. The molecular weight excluding hydrogens is 334 g/mol. The standard InChI is InChI=1S/C16H20BrNO3/c1-3-13(17)16(20)12-6-7-14-11(9-12)5-4-8-18(14)15(19)10-21-2/h6-7,9,13H,3-5,8,10H2,1-2H3. The van der Waals surface area contributed by atoms with Gasteiger partial charge in [-0.1, -0.05) is 22.9 Å². The van der Waals surface area contributed by atoms with Gasteiger partial charge in [0.15, 0.2) is 5.78 Å². The Bertz CT molecular complexity index is 544. The van der Waals surface area contributed by atoms with Gasteiger partial charge in [-0.3, -0.25) is 9.59 Å². The molecule has 0 radical (unpaired) electrons. The van der Waals surface area contributed by atoms with Gasteiger partial charge in [-0.15, -0.1) is 0 Å². The van der Waals surface area contributed by atoms with Crippen molar-refractivity contribution in [2.24, 2.45) is 0 Å². The van der Waals surface area contributed by atoms with Crippen LogP contribution in [0.25, 0.3) is 0 Å². The SMILES string of the molecule is CCC(Br)C(=O)c1ccc2c(c1)CCCN2C(=O)COC. The van der Waals surface area contributed by atoms with E-state index in [9.17, 15) is 9.59 Å². The van der Waals surface area contributed by atoms with Crippen molar-refractivity contribution >= 4 is 33.3 Å². The summed E-state index contributed by atoms with van der Waals surface area (Å²) < 4.78 is 4.93. The van der Waals surface area contributed by atoms with E-state index in [1.165, 1.54) is 7.11 Å². The van der Waals surface area contributed by atoms with Gasteiger partial charge in [0.2, 0.25) is 0 Å². The summed E-state index contributed by atoms with van der Waals surface area (Å²) in [4.78, 5) is 25.9. The Hall–Kier alpha value is -1.20. The van der Waals surface area contributed by atoms with Crippen LogP contribution in [-0.2, 0) is 16.0 Å². The summed E-state index contributed by atoms with van der Waals surface area (Å²) >= 11 is 3.40. The topological polar surface area (TPSA) is 46.6 Å². The van der Waals surface area contributed by atoms with Gasteiger partial charge in [0.1, 0.15) is 6.61 Å². The summed E-state index contributed by atoms with van der Waals surface area (Å²) in [6.45, 7) is 2.76. The quantitative estimate of drug-likeness (QED) is 0.603. The van der Waals surface area contributed by atoms with Crippen LogP contribution < -0.4 is 4.90 Å². The molecule has 1 heterocycles. The van der Waals surface area contributed by atoms with E-state index in [0.29, 0.717) is 12.1 Å². The highest BCUT2D eigenvalue weighted by Gasteiger charge is 2.24. The van der Waals surface area contributed by atoms with E-state index < -0.39 is 0 Å². The van der Waals surface area contributed by atoms with Crippen LogP contribution in [0.5, 0.6) is 0 Å². The lowest BCUT2D eigenvalue weighted by atomic mass is 9.96. The van der Waals surface area contributed by atoms with E-state index in [1.54, 1.807) is 4.90 Å². The smallest absolute Gasteiger partial charge is 0.252 e. The molecule has 0 saturated carbocycles. The summed E-state index contributed by atoms with van der Waals surface area (Å²) in [5.74, 6) is 0.0603. The first kappa shape index (κ1) is 16.2. The number of nitrogens with zero attached hydrogens (tertiary/aromatic N) is 1. The van der Waals surface area contributed by atoms with Gasteiger partial charge in [0.05, 0.1) is 4.83 Å². The molecule has 21 heavy (non-hydrogen) atoms. The third-order valence-corrected chi connectivity index (χ3v) is 4.76. The fourth-order valence-corrected chi connectivity index (χ4v) is 2.84. The van der Waals surface area contributed by atoms with Crippen molar-refractivity contribution in [3.63, 3.8) is 0 Å². The number of carbonyl (C=O) groups excluding carboxylic acids is 2. The minimum absolute atomic E-state index is 0.0375. The van der Waals surface area contributed by atoms with Crippen molar-refractivity contribution in [2.75, 3.05) is 25.2 Å². The highest BCUT2D eigenvalue weighted by molar-refractivity contribution is 9.10. The number of ketones is 1. The van der Waals surface area contributed by atoms with Crippen LogP contribution in [-0.4, -0.2) is 36.8 Å². The summed E-state index contributed by atoms with van der Waals surface area (Å²) in [5.41, 5.74) is 2.67. The van der Waals surface area contributed by atoms with Gasteiger partial charge in [-0.25, -0.2) is 0 Å². The van der Waals surface area contributed by atoms with E-state index in [2.05, 4.69) is 15.9 Å². The zero-order valence-corrected chi connectivity index (χ0v) is 14.0. The second-order valence-electron chi connectivity index (χ2n) is 5.17. The second-order valence-corrected chi connectivity index (χ2v) is 6.27. The molecule has 0 saturated heterocycles. The molecule has 1 aromatic carbocycles. The number of fused-ring (bicyclic) bond motifs is 1. The lowest BCUT2D eigenvalue weighted by Gasteiger charge is -2.29. The predicted octanol–water partition coefficient (Wildman–Crippen LogP) is 2.97. The number of hydrogen-bond donors (Lipinski definition) is 0. The van der Waals surface area contributed by atoms with E-state index in [0.717, 1.165) is 30.5 Å². The van der Waals surface area contributed by atoms with Crippen LogP contribution in [0.3, 0.4) is 0 Å². The lowest BCUT2D eigenvalue weighted by Crippen LogP contribution is -2.37. The molecule has 2 rings (SSSR count). The maximum atomic E-state index is 12.2. The Labute approximate surface area is 133 Å². The number of carbonyl (C=O) groups is 2. The number of rotatable bonds is 5. The van der Waals surface area contributed by atoms with Crippen LogP contribution in [0.1, 0.15) is 35.7 Å². The maximum absolute atomic E-state index is 12.2. The predicted molar refractivity (Wildman–Crippen MR) is 86.3 cm³/mol. The minimum atomic E-state index is -0.148. The molecular formula is C16H20BrNO3. The fraction of sp³-hybridized carbons (Fsp3) is 0.500. The average molecular weight is 354 g/mol. The Morgan fingerprint density at radius 1 is 1.43 bits per heavy atom. The van der Waals surface area contributed by atoms with Crippen molar-refractivity contribution < 1.29 is 14.3 Å². The molecule has 0 fully saturated rings. The zero-order valence-electron chi connectivity index (χ0n) is 12.4. The van der Waals surface area contributed by atoms with Crippen molar-refractivity contribution in [1.29, 1.82) is 0 Å². The Morgan fingerprint density at radius 2 is 2.19 bits per heavy atom. The van der Waals surface area contributed by atoms with Gasteiger partial charge in [-0.05, 0) is 43.0 Å². The highest BCUT2D eigenvalue weighted by atomic mass is 79.9. The van der Waals surface area contributed by atoms with Crippen molar-refractivity contribution in [3.05, 3.63) is 29.3 Å². The van der Waals surface area contributed by atoms with Crippen LogP contribution >= 0.6 is 15.9 Å². The summed E-state index contributed by atoms with van der Waals surface area (Å²) in [6, 6.07) is 5.61. The molecule has 0 aromatic heterocycles. The molecule has 0 spiro atoms. The monoisotopic (exact) mass is 353 g/mol. The number of amides is 1. The van der Waals surface area contributed by atoms with Gasteiger partial charge in [0, 0.05) is 24.9 Å². The molecule has 5 heteroatoms. The Balaban J connectivity index is 2.28. The van der Waals surface area contributed by atoms with E-state index >= 15 is 0 Å². The number of aryl methyl sites for hydroxylation is 1. The van der Waals surface area contributed by atoms with Gasteiger partial charge >= 0.3 is 0 Å². The Kier molecular flexibility index (Phi) is 5.53. The van der Waals surface area contributed by atoms with Gasteiger partial charge in [-0.2, -0.15) is 0 Å². The molecule has 4 nitrogen and oxygen atoms in total. The van der Waals surface area contributed by atoms with Gasteiger partial charge in [0.25, 0.3) is 5.91 Å². The molecule has 1 atom stereocenters. The lowest BCUT2D eigenvalue weighted by molar-refractivity contribution is -0.122. The normalized spacial score (nSPS) is 15.5. The number of methoxy groups -OCH3 is 1. The third kappa shape index (κ3) is 3.52. The molecule has 114 valence electrons. The van der Waals surface area contributed by atoms with Crippen molar-refractivity contribution in [3.8, 4) is 0 Å². The van der Waals surface area contributed by atoms with E-state index in [1.807, 2.05) is 25.1 Å². The average Bonchev–Trinajstić information content (AvgIpc) is 2.52. The molecule has 1 amide bonds. The van der Waals surface area contributed by atoms with Crippen LogP contribution in [0.4, 0.5) is 5.69 Å². The first-order chi connectivity index (χ1) is 10.1. The summed E-state index contributed by atoms with van der Waals surface area (Å²) in [5, 5.41) is 0. The minimum Gasteiger partial charge on any atom is -0.375 e. The van der Waals surface area contributed by atoms with E-state index in [4.69, 9.17) is 4.74 Å². The highest BCUT2D eigenvalue weighted by Crippen LogP contribution is 2.29. The number of hydrogen-bond acceptors (Lipinski definition) is 3. The van der Waals surface area contributed by atoms with Crippen LogP contribution in [0, 0.1) is 0 Å². The largest absolute Gasteiger partial charge is 0.375 e. The number of anilines is 1. The van der Waals surface area contributed by atoms with Crippen LogP contribution in [0.15, 0.2) is 18.2 Å². The number of ether oxygens (including phenoxy) is 1. The number of Topliss-reactive ketones (excluding diaryl/α,β-unsaturated/α-hetero) is 1. The summed E-state index contributed by atoms with van der Waals surface area (Å²) in [7, 11) is 1.52. The number of benzene rings is 1. The second kappa shape index (κ2) is 7.18.